The molecule has 2 atom stereocenters. The zero-order valence-electron chi connectivity index (χ0n) is 15.7. The lowest BCUT2D eigenvalue weighted by Gasteiger charge is -2.41. The molecular weight excluding hydrogens is 324 g/mol. The van der Waals surface area contributed by atoms with Gasteiger partial charge in [-0.15, -0.1) is 0 Å². The summed E-state index contributed by atoms with van der Waals surface area (Å²) in [5.41, 5.74) is 3.84. The van der Waals surface area contributed by atoms with Crippen molar-refractivity contribution in [3.63, 3.8) is 0 Å². The fourth-order valence-corrected chi connectivity index (χ4v) is 4.20. The number of likely N-dealkylation sites (tertiary alicyclic amines) is 1. The van der Waals surface area contributed by atoms with Crippen LogP contribution in [-0.4, -0.2) is 33.2 Å². The molecule has 26 heavy (non-hydrogen) atoms. The molecule has 138 valence electrons. The first-order valence-corrected chi connectivity index (χ1v) is 9.68. The number of nitrogens with zero attached hydrogens (tertiary/aromatic N) is 3. The van der Waals surface area contributed by atoms with E-state index < -0.39 is 0 Å². The molecule has 1 aromatic carbocycles. The summed E-state index contributed by atoms with van der Waals surface area (Å²) in [4.78, 5) is 14.8. The standard InChI is InChI=1S/C21H28N4O/c1-15-5-3-4-6-16(15)11-22-12-17-7-10-20(26)25(19-8-9-19)21(17)18-13-23-24(2)14-18/h3-6,13-14,17,19,21-22H,7-12H2,1-2H3/t17-,21+/m1/s1. The monoisotopic (exact) mass is 352 g/mol. The number of carbonyl (C=O) groups is 1. The van der Waals surface area contributed by atoms with E-state index in [1.54, 1.807) is 0 Å². The number of rotatable bonds is 6. The molecule has 0 spiro atoms. The zero-order chi connectivity index (χ0) is 18.1. The van der Waals surface area contributed by atoms with Crippen LogP contribution in [0.5, 0.6) is 0 Å². The Morgan fingerprint density at radius 1 is 1.23 bits per heavy atom. The average Bonchev–Trinajstić information content (AvgIpc) is 3.38. The van der Waals surface area contributed by atoms with E-state index in [9.17, 15) is 4.79 Å². The molecule has 1 N–H and O–H groups in total. The Labute approximate surface area is 155 Å². The Bertz CT molecular complexity index is 780. The predicted octanol–water partition coefficient (Wildman–Crippen LogP) is 2.96. The number of carbonyl (C=O) groups excluding carboxylic acids is 1. The molecule has 0 bridgehead atoms. The van der Waals surface area contributed by atoms with Gasteiger partial charge in [0.2, 0.25) is 5.91 Å². The van der Waals surface area contributed by atoms with Gasteiger partial charge in [0.25, 0.3) is 0 Å². The topological polar surface area (TPSA) is 50.2 Å². The van der Waals surface area contributed by atoms with Gasteiger partial charge in [-0.3, -0.25) is 9.48 Å². The molecular formula is C21H28N4O. The van der Waals surface area contributed by atoms with E-state index in [0.29, 0.717) is 24.3 Å². The number of hydrogen-bond donors (Lipinski definition) is 1. The molecule has 4 rings (SSSR count). The van der Waals surface area contributed by atoms with Crippen LogP contribution in [-0.2, 0) is 18.4 Å². The first kappa shape index (κ1) is 17.3. The molecule has 1 aliphatic heterocycles. The van der Waals surface area contributed by atoms with Gasteiger partial charge in [0, 0.05) is 44.4 Å². The van der Waals surface area contributed by atoms with E-state index in [-0.39, 0.29) is 6.04 Å². The Balaban J connectivity index is 1.49. The van der Waals surface area contributed by atoms with Crippen LogP contribution in [0.1, 0.15) is 48.4 Å². The quantitative estimate of drug-likeness (QED) is 0.870. The molecule has 1 aromatic heterocycles. The average molecular weight is 352 g/mol. The van der Waals surface area contributed by atoms with Gasteiger partial charge in [0.05, 0.1) is 12.2 Å². The number of nitrogens with one attached hydrogen (secondary N) is 1. The minimum absolute atomic E-state index is 0.154. The summed E-state index contributed by atoms with van der Waals surface area (Å²) in [6.45, 7) is 3.95. The fraction of sp³-hybridized carbons (Fsp3) is 0.524. The highest BCUT2D eigenvalue weighted by molar-refractivity contribution is 5.78. The molecule has 2 aliphatic rings. The number of aryl methyl sites for hydroxylation is 2. The summed E-state index contributed by atoms with van der Waals surface area (Å²) in [6.07, 6.45) is 7.92. The number of aromatic nitrogens is 2. The van der Waals surface area contributed by atoms with Gasteiger partial charge in [-0.05, 0) is 43.2 Å². The van der Waals surface area contributed by atoms with E-state index in [0.717, 1.165) is 32.4 Å². The normalized spacial score (nSPS) is 23.5. The van der Waals surface area contributed by atoms with Crippen LogP contribution in [0, 0.1) is 12.8 Å². The van der Waals surface area contributed by atoms with Gasteiger partial charge < -0.3 is 10.2 Å². The van der Waals surface area contributed by atoms with Crippen LogP contribution >= 0.6 is 0 Å². The van der Waals surface area contributed by atoms with E-state index in [1.807, 2.05) is 17.9 Å². The van der Waals surface area contributed by atoms with Gasteiger partial charge in [-0.2, -0.15) is 5.10 Å². The van der Waals surface area contributed by atoms with Gasteiger partial charge >= 0.3 is 0 Å². The van der Waals surface area contributed by atoms with E-state index >= 15 is 0 Å². The Hall–Kier alpha value is -2.14. The smallest absolute Gasteiger partial charge is 0.223 e. The lowest BCUT2D eigenvalue weighted by atomic mass is 9.85. The molecule has 2 aromatic rings. The van der Waals surface area contributed by atoms with E-state index in [4.69, 9.17) is 0 Å². The van der Waals surface area contributed by atoms with Gasteiger partial charge in [0.15, 0.2) is 0 Å². The summed E-state index contributed by atoms with van der Waals surface area (Å²) in [7, 11) is 1.95. The number of hydrogen-bond acceptors (Lipinski definition) is 3. The van der Waals surface area contributed by atoms with Crippen LogP contribution in [0.4, 0.5) is 0 Å². The molecule has 2 fully saturated rings. The fourth-order valence-electron chi connectivity index (χ4n) is 4.20. The summed E-state index contributed by atoms with van der Waals surface area (Å²) in [6, 6.07) is 9.10. The van der Waals surface area contributed by atoms with Crippen molar-refractivity contribution in [1.29, 1.82) is 0 Å². The first-order chi connectivity index (χ1) is 12.6. The third-order valence-corrected chi connectivity index (χ3v) is 5.75. The molecule has 2 heterocycles. The third kappa shape index (κ3) is 3.54. The van der Waals surface area contributed by atoms with Crippen molar-refractivity contribution in [2.45, 2.75) is 51.2 Å². The Morgan fingerprint density at radius 2 is 2.04 bits per heavy atom. The van der Waals surface area contributed by atoms with Crippen molar-refractivity contribution in [1.82, 2.24) is 20.0 Å². The van der Waals surface area contributed by atoms with Crippen molar-refractivity contribution in [3.05, 3.63) is 53.3 Å². The molecule has 5 nitrogen and oxygen atoms in total. The van der Waals surface area contributed by atoms with Crippen LogP contribution in [0.25, 0.3) is 0 Å². The Kier molecular flexibility index (Phi) is 4.81. The van der Waals surface area contributed by atoms with Crippen molar-refractivity contribution < 1.29 is 4.79 Å². The van der Waals surface area contributed by atoms with Crippen LogP contribution in [0.2, 0.25) is 0 Å². The van der Waals surface area contributed by atoms with Gasteiger partial charge in [-0.1, -0.05) is 24.3 Å². The molecule has 0 radical (unpaired) electrons. The highest BCUT2D eigenvalue weighted by Gasteiger charge is 2.44. The summed E-state index contributed by atoms with van der Waals surface area (Å²) in [5, 5.41) is 8.01. The Morgan fingerprint density at radius 3 is 2.73 bits per heavy atom. The van der Waals surface area contributed by atoms with Crippen LogP contribution in [0.3, 0.4) is 0 Å². The first-order valence-electron chi connectivity index (χ1n) is 9.68. The number of benzene rings is 1. The zero-order valence-corrected chi connectivity index (χ0v) is 15.7. The maximum atomic E-state index is 12.6. The van der Waals surface area contributed by atoms with Gasteiger partial charge in [0.1, 0.15) is 0 Å². The second-order valence-corrected chi connectivity index (χ2v) is 7.78. The molecule has 1 aliphatic carbocycles. The lowest BCUT2D eigenvalue weighted by molar-refractivity contribution is -0.139. The lowest BCUT2D eigenvalue weighted by Crippen LogP contribution is -2.46. The largest absolute Gasteiger partial charge is 0.332 e. The van der Waals surface area contributed by atoms with Gasteiger partial charge in [-0.25, -0.2) is 0 Å². The summed E-state index contributed by atoms with van der Waals surface area (Å²) < 4.78 is 1.84. The van der Waals surface area contributed by atoms with Crippen molar-refractivity contribution in [2.75, 3.05) is 6.54 Å². The van der Waals surface area contributed by atoms with Crippen molar-refractivity contribution in [3.8, 4) is 0 Å². The third-order valence-electron chi connectivity index (χ3n) is 5.75. The predicted molar refractivity (Wildman–Crippen MR) is 101 cm³/mol. The highest BCUT2D eigenvalue weighted by Crippen LogP contribution is 2.43. The second-order valence-electron chi connectivity index (χ2n) is 7.78. The maximum absolute atomic E-state index is 12.6. The summed E-state index contributed by atoms with van der Waals surface area (Å²) in [5.74, 6) is 0.748. The molecule has 1 saturated carbocycles. The van der Waals surface area contributed by atoms with Crippen LogP contribution in [0.15, 0.2) is 36.7 Å². The minimum atomic E-state index is 0.154. The number of amides is 1. The number of piperidine rings is 1. The minimum Gasteiger partial charge on any atom is -0.332 e. The molecule has 1 saturated heterocycles. The SMILES string of the molecule is Cc1ccccc1CNC[C@H]1CCC(=O)N(C2CC2)[C@@H]1c1cnn(C)c1. The van der Waals surface area contributed by atoms with E-state index in [2.05, 4.69) is 52.7 Å². The molecule has 0 unspecified atom stereocenters. The van der Waals surface area contributed by atoms with Crippen LogP contribution < -0.4 is 5.32 Å². The van der Waals surface area contributed by atoms with Crippen molar-refractivity contribution >= 4 is 5.91 Å². The van der Waals surface area contributed by atoms with Crippen molar-refractivity contribution in [2.24, 2.45) is 13.0 Å². The second kappa shape index (κ2) is 7.23. The molecule has 5 heteroatoms. The van der Waals surface area contributed by atoms with E-state index in [1.165, 1.54) is 16.7 Å². The summed E-state index contributed by atoms with van der Waals surface area (Å²) >= 11 is 0. The highest BCUT2D eigenvalue weighted by atomic mass is 16.2. The maximum Gasteiger partial charge on any atom is 0.223 e. The molecule has 1 amide bonds.